The summed E-state index contributed by atoms with van der Waals surface area (Å²) < 4.78 is 0. The van der Waals surface area contributed by atoms with Gasteiger partial charge in [0.05, 0.1) is 0 Å². The molecule has 0 aliphatic rings. The molecule has 0 aromatic carbocycles. The molecule has 0 aliphatic carbocycles. The van der Waals surface area contributed by atoms with Crippen molar-refractivity contribution in [3.63, 3.8) is 0 Å². The molecule has 2 heteroatoms. The highest BCUT2D eigenvalue weighted by Crippen LogP contribution is 1.81. The third-order valence-corrected chi connectivity index (χ3v) is 0.994. The van der Waals surface area contributed by atoms with Gasteiger partial charge in [-0.25, -0.2) is 0 Å². The lowest BCUT2D eigenvalue weighted by atomic mass is 10.3. The van der Waals surface area contributed by atoms with E-state index >= 15 is 0 Å². The van der Waals surface area contributed by atoms with E-state index in [0.29, 0.717) is 0 Å². The van der Waals surface area contributed by atoms with Crippen LogP contribution >= 0.6 is 0 Å². The highest BCUT2D eigenvalue weighted by molar-refractivity contribution is 4.45. The van der Waals surface area contributed by atoms with Gasteiger partial charge < -0.3 is 9.80 Å². The first-order valence-corrected chi connectivity index (χ1v) is 4.65. The van der Waals surface area contributed by atoms with Crippen LogP contribution in [0, 0.1) is 5.92 Å². The predicted molar refractivity (Wildman–Crippen MR) is 57.6 cm³/mol. The van der Waals surface area contributed by atoms with Crippen molar-refractivity contribution in [1.82, 2.24) is 9.80 Å². The fourth-order valence-corrected chi connectivity index (χ4v) is 0.400. The Kier molecular flexibility index (Phi) is 10.8. The van der Waals surface area contributed by atoms with Gasteiger partial charge in [-0.2, -0.15) is 0 Å². The van der Waals surface area contributed by atoms with Crippen LogP contribution in [0.5, 0.6) is 0 Å². The summed E-state index contributed by atoms with van der Waals surface area (Å²) >= 11 is 0. The number of likely N-dealkylation sites (N-methyl/N-ethyl adjacent to an activating group) is 2. The van der Waals surface area contributed by atoms with Crippen molar-refractivity contribution in [1.29, 1.82) is 0 Å². The normalized spacial score (nSPS) is 10.5. The average Bonchev–Trinajstić information content (AvgIpc) is 1.82. The monoisotopic (exact) mass is 174 g/mol. The smallest absolute Gasteiger partial charge is 0.0103 e. The second-order valence-electron chi connectivity index (χ2n) is 4.34. The van der Waals surface area contributed by atoms with E-state index < -0.39 is 0 Å². The molecule has 0 spiro atoms. The molecule has 0 radical (unpaired) electrons. The van der Waals surface area contributed by atoms with Crippen LogP contribution in [0.4, 0.5) is 0 Å². The lowest BCUT2D eigenvalue weighted by molar-refractivity contribution is 0.320. The molecule has 76 valence electrons. The van der Waals surface area contributed by atoms with Crippen LogP contribution in [0.2, 0.25) is 0 Å². The zero-order chi connectivity index (χ0) is 10.1. The Morgan fingerprint density at radius 1 is 0.750 bits per heavy atom. The second kappa shape index (κ2) is 9.01. The zero-order valence-electron chi connectivity index (χ0n) is 9.89. The van der Waals surface area contributed by atoms with Crippen LogP contribution in [0.15, 0.2) is 0 Å². The molecule has 0 aromatic heterocycles. The standard InChI is InChI=1S/C6H16N2.C4H10/c1-7(2)5-6-8(3)4;1-4(2)3/h5-6H2,1-4H3;4H,1-3H3. The fourth-order valence-electron chi connectivity index (χ4n) is 0.400. The van der Waals surface area contributed by atoms with E-state index in [1.54, 1.807) is 0 Å². The van der Waals surface area contributed by atoms with Crippen LogP contribution in [0.25, 0.3) is 0 Å². The van der Waals surface area contributed by atoms with E-state index in [2.05, 4.69) is 58.8 Å². The molecule has 0 rings (SSSR count). The van der Waals surface area contributed by atoms with Crippen molar-refractivity contribution in [2.24, 2.45) is 5.92 Å². The minimum Gasteiger partial charge on any atom is -0.308 e. The number of hydrogen-bond acceptors (Lipinski definition) is 2. The molecule has 0 fully saturated rings. The first kappa shape index (κ1) is 14.4. The lowest BCUT2D eigenvalue weighted by Crippen LogP contribution is -2.25. The average molecular weight is 174 g/mol. The number of hydrogen-bond donors (Lipinski definition) is 0. The van der Waals surface area contributed by atoms with Crippen molar-refractivity contribution >= 4 is 0 Å². The van der Waals surface area contributed by atoms with Gasteiger partial charge in [-0.05, 0) is 34.1 Å². The third kappa shape index (κ3) is 32.6. The molecular weight excluding hydrogens is 148 g/mol. The molecular formula is C10H26N2. The van der Waals surface area contributed by atoms with Crippen molar-refractivity contribution in [2.45, 2.75) is 20.8 Å². The molecule has 0 aromatic rings. The fraction of sp³-hybridized carbons (Fsp3) is 1.00. The largest absolute Gasteiger partial charge is 0.308 e. The first-order valence-electron chi connectivity index (χ1n) is 4.65. The molecule has 0 atom stereocenters. The minimum absolute atomic E-state index is 0.833. The third-order valence-electron chi connectivity index (χ3n) is 0.994. The molecule has 0 bridgehead atoms. The van der Waals surface area contributed by atoms with Crippen molar-refractivity contribution in [2.75, 3.05) is 41.3 Å². The summed E-state index contributed by atoms with van der Waals surface area (Å²) in [6, 6.07) is 0. The predicted octanol–water partition coefficient (Wildman–Crippen LogP) is 1.77. The maximum Gasteiger partial charge on any atom is 0.0103 e. The van der Waals surface area contributed by atoms with E-state index in [1.165, 1.54) is 0 Å². The molecule has 12 heavy (non-hydrogen) atoms. The Bertz CT molecular complexity index is 67.2. The van der Waals surface area contributed by atoms with Gasteiger partial charge in [0.2, 0.25) is 0 Å². The summed E-state index contributed by atoms with van der Waals surface area (Å²) in [6.45, 7) is 8.79. The molecule has 0 saturated heterocycles. The van der Waals surface area contributed by atoms with Gasteiger partial charge in [-0.3, -0.25) is 0 Å². The summed E-state index contributed by atoms with van der Waals surface area (Å²) in [4.78, 5) is 4.36. The number of nitrogens with zero attached hydrogens (tertiary/aromatic N) is 2. The van der Waals surface area contributed by atoms with Crippen LogP contribution in [0.3, 0.4) is 0 Å². The molecule has 0 amide bonds. The first-order chi connectivity index (χ1) is 5.36. The van der Waals surface area contributed by atoms with Crippen LogP contribution in [-0.4, -0.2) is 51.1 Å². The van der Waals surface area contributed by atoms with Gasteiger partial charge in [0.1, 0.15) is 0 Å². The van der Waals surface area contributed by atoms with Crippen molar-refractivity contribution < 1.29 is 0 Å². The minimum atomic E-state index is 0.833. The Morgan fingerprint density at radius 2 is 0.917 bits per heavy atom. The van der Waals surface area contributed by atoms with E-state index in [0.717, 1.165) is 19.0 Å². The highest BCUT2D eigenvalue weighted by Gasteiger charge is 1.89. The maximum atomic E-state index is 2.18. The summed E-state index contributed by atoms with van der Waals surface area (Å²) in [5.41, 5.74) is 0. The lowest BCUT2D eigenvalue weighted by Gasteiger charge is -2.13. The molecule has 0 aliphatic heterocycles. The van der Waals surface area contributed by atoms with E-state index in [4.69, 9.17) is 0 Å². The molecule has 0 unspecified atom stereocenters. The van der Waals surface area contributed by atoms with Gasteiger partial charge in [-0.15, -0.1) is 0 Å². The maximum absolute atomic E-state index is 2.18. The Morgan fingerprint density at radius 3 is 1.00 bits per heavy atom. The Hall–Kier alpha value is -0.0800. The van der Waals surface area contributed by atoms with E-state index in [9.17, 15) is 0 Å². The van der Waals surface area contributed by atoms with E-state index in [1.807, 2.05) is 0 Å². The zero-order valence-corrected chi connectivity index (χ0v) is 9.89. The Labute approximate surface area is 78.5 Å². The summed E-state index contributed by atoms with van der Waals surface area (Å²) in [5.74, 6) is 0.833. The topological polar surface area (TPSA) is 6.48 Å². The van der Waals surface area contributed by atoms with Gasteiger partial charge >= 0.3 is 0 Å². The SMILES string of the molecule is CC(C)C.CN(C)CCN(C)C. The molecule has 0 N–H and O–H groups in total. The molecule has 0 heterocycles. The number of rotatable bonds is 3. The van der Waals surface area contributed by atoms with Crippen LogP contribution in [-0.2, 0) is 0 Å². The summed E-state index contributed by atoms with van der Waals surface area (Å²) in [5, 5.41) is 0. The van der Waals surface area contributed by atoms with Gasteiger partial charge in [0, 0.05) is 13.1 Å². The molecule has 2 nitrogen and oxygen atoms in total. The second-order valence-corrected chi connectivity index (χ2v) is 4.34. The van der Waals surface area contributed by atoms with Crippen LogP contribution in [0.1, 0.15) is 20.8 Å². The molecule has 0 saturated carbocycles. The van der Waals surface area contributed by atoms with Crippen molar-refractivity contribution in [3.8, 4) is 0 Å². The highest BCUT2D eigenvalue weighted by atomic mass is 15.1. The van der Waals surface area contributed by atoms with Crippen molar-refractivity contribution in [3.05, 3.63) is 0 Å². The summed E-state index contributed by atoms with van der Waals surface area (Å²) in [6.07, 6.45) is 0. The quantitative estimate of drug-likeness (QED) is 0.643. The van der Waals surface area contributed by atoms with Gasteiger partial charge in [0.15, 0.2) is 0 Å². The summed E-state index contributed by atoms with van der Waals surface area (Å²) in [7, 11) is 8.35. The Balaban J connectivity index is 0. The van der Waals surface area contributed by atoms with Gasteiger partial charge in [-0.1, -0.05) is 20.8 Å². The van der Waals surface area contributed by atoms with E-state index in [-0.39, 0.29) is 0 Å². The van der Waals surface area contributed by atoms with Gasteiger partial charge in [0.25, 0.3) is 0 Å². The van der Waals surface area contributed by atoms with Crippen LogP contribution < -0.4 is 0 Å².